The molecule has 2 saturated heterocycles. The molecule has 0 radical (unpaired) electrons. The molecule has 7 nitrogen and oxygen atoms in total. The van der Waals surface area contributed by atoms with E-state index in [0.29, 0.717) is 31.5 Å². The lowest BCUT2D eigenvalue weighted by Crippen LogP contribution is -2.65. The largest absolute Gasteiger partial charge is 0.364 e. The SMILES string of the molecule is CCN1CCCCC1c1ccc(CN2C=CCC3C(C(=O)N(C)C(=O)N3CC(C)C)C2Nc2ccccc2)cc1. The molecule has 4 atom stereocenters. The third-order valence-electron chi connectivity index (χ3n) is 8.73. The lowest BCUT2D eigenvalue weighted by molar-refractivity contribution is -0.140. The van der Waals surface area contributed by atoms with Gasteiger partial charge in [-0.1, -0.05) is 75.7 Å². The molecular weight excluding hydrogens is 498 g/mol. The van der Waals surface area contributed by atoms with Crippen molar-refractivity contribution >= 4 is 17.6 Å². The summed E-state index contributed by atoms with van der Waals surface area (Å²) in [4.78, 5) is 35.1. The number of anilines is 1. The highest BCUT2D eigenvalue weighted by Gasteiger charge is 2.50. The van der Waals surface area contributed by atoms with Gasteiger partial charge in [0, 0.05) is 31.9 Å². The minimum Gasteiger partial charge on any atom is -0.364 e. The summed E-state index contributed by atoms with van der Waals surface area (Å²) in [7, 11) is 1.63. The Balaban J connectivity index is 1.44. The van der Waals surface area contributed by atoms with Crippen LogP contribution >= 0.6 is 0 Å². The van der Waals surface area contributed by atoms with Crippen LogP contribution in [0.2, 0.25) is 0 Å². The number of hydrogen-bond donors (Lipinski definition) is 1. The Kier molecular flexibility index (Phi) is 8.79. The van der Waals surface area contributed by atoms with E-state index in [1.165, 1.54) is 41.8 Å². The Morgan fingerprint density at radius 3 is 2.45 bits per heavy atom. The molecule has 5 rings (SSSR count). The number of urea groups is 1. The molecule has 2 aromatic carbocycles. The van der Waals surface area contributed by atoms with Crippen LogP contribution in [0.5, 0.6) is 0 Å². The number of para-hydroxylation sites is 1. The summed E-state index contributed by atoms with van der Waals surface area (Å²) in [6, 6.07) is 19.3. The molecular formula is C33H45N5O2. The Morgan fingerprint density at radius 1 is 1.00 bits per heavy atom. The first kappa shape index (κ1) is 28.2. The molecule has 7 heteroatoms. The number of benzene rings is 2. The van der Waals surface area contributed by atoms with Gasteiger partial charge in [0.1, 0.15) is 6.17 Å². The van der Waals surface area contributed by atoms with Crippen molar-refractivity contribution in [2.24, 2.45) is 11.8 Å². The average molecular weight is 544 g/mol. The van der Waals surface area contributed by atoms with E-state index in [2.05, 4.69) is 72.4 Å². The van der Waals surface area contributed by atoms with Gasteiger partial charge in [-0.05, 0) is 67.7 Å². The van der Waals surface area contributed by atoms with E-state index in [-0.39, 0.29) is 24.1 Å². The highest BCUT2D eigenvalue weighted by molar-refractivity contribution is 5.99. The molecule has 1 N–H and O–H groups in total. The van der Waals surface area contributed by atoms with Crippen LogP contribution in [0.4, 0.5) is 10.5 Å². The standard InChI is InChI=1S/C33H45N5O2/c1-5-36-20-10-9-14-28(36)26-18-16-25(17-19-26)23-37-21-11-15-29-30(31(37)34-27-12-7-6-8-13-27)32(39)35(4)33(40)38(29)22-24(2)3/h6-8,11-13,16-19,21,24,28-31,34H,5,9-10,14-15,20,22-23H2,1-4H3. The molecule has 3 aliphatic heterocycles. The van der Waals surface area contributed by atoms with Crippen LogP contribution in [0.25, 0.3) is 0 Å². The van der Waals surface area contributed by atoms with Crippen molar-refractivity contribution in [3.05, 3.63) is 78.0 Å². The maximum atomic E-state index is 13.8. The number of imide groups is 1. The van der Waals surface area contributed by atoms with Crippen LogP contribution in [0.3, 0.4) is 0 Å². The van der Waals surface area contributed by atoms with Gasteiger partial charge in [-0.25, -0.2) is 4.79 Å². The summed E-state index contributed by atoms with van der Waals surface area (Å²) in [5.74, 6) is -0.220. The van der Waals surface area contributed by atoms with E-state index in [1.807, 2.05) is 35.2 Å². The van der Waals surface area contributed by atoms with Gasteiger partial charge in [0.2, 0.25) is 5.91 Å². The molecule has 4 unspecified atom stereocenters. The molecule has 2 aromatic rings. The molecule has 0 spiro atoms. The summed E-state index contributed by atoms with van der Waals surface area (Å²) in [5, 5.41) is 3.69. The number of fused-ring (bicyclic) bond motifs is 1. The van der Waals surface area contributed by atoms with E-state index >= 15 is 0 Å². The third-order valence-corrected chi connectivity index (χ3v) is 8.73. The second kappa shape index (κ2) is 12.5. The second-order valence-corrected chi connectivity index (χ2v) is 11.9. The zero-order chi connectivity index (χ0) is 28.2. The van der Waals surface area contributed by atoms with Gasteiger partial charge in [0.25, 0.3) is 0 Å². The predicted molar refractivity (Wildman–Crippen MR) is 160 cm³/mol. The van der Waals surface area contributed by atoms with E-state index in [9.17, 15) is 9.59 Å². The van der Waals surface area contributed by atoms with Gasteiger partial charge in [-0.2, -0.15) is 0 Å². The molecule has 0 aromatic heterocycles. The number of hydrogen-bond acceptors (Lipinski definition) is 5. The molecule has 0 aliphatic carbocycles. The summed E-state index contributed by atoms with van der Waals surface area (Å²) in [5.41, 5.74) is 3.56. The topological polar surface area (TPSA) is 59.1 Å². The maximum Gasteiger partial charge on any atom is 0.326 e. The quantitative estimate of drug-likeness (QED) is 0.448. The molecule has 0 bridgehead atoms. The Morgan fingerprint density at radius 2 is 1.75 bits per heavy atom. The zero-order valence-corrected chi connectivity index (χ0v) is 24.5. The number of carbonyl (C=O) groups excluding carboxylic acids is 2. The molecule has 40 heavy (non-hydrogen) atoms. The van der Waals surface area contributed by atoms with E-state index in [1.54, 1.807) is 7.05 Å². The molecule has 0 saturated carbocycles. The summed E-state index contributed by atoms with van der Waals surface area (Å²) in [6.07, 6.45) is 8.40. The van der Waals surface area contributed by atoms with Crippen molar-refractivity contribution < 1.29 is 9.59 Å². The Labute approximate surface area is 239 Å². The first-order chi connectivity index (χ1) is 19.4. The van der Waals surface area contributed by atoms with Gasteiger partial charge in [-0.3, -0.25) is 14.6 Å². The molecule has 2 fully saturated rings. The van der Waals surface area contributed by atoms with Crippen molar-refractivity contribution in [2.75, 3.05) is 32.0 Å². The van der Waals surface area contributed by atoms with Crippen LogP contribution in [-0.4, -0.2) is 70.4 Å². The van der Waals surface area contributed by atoms with Crippen LogP contribution in [0, 0.1) is 11.8 Å². The number of rotatable bonds is 8. The molecule has 214 valence electrons. The highest BCUT2D eigenvalue weighted by Crippen LogP contribution is 2.35. The number of piperidine rings is 1. The lowest BCUT2D eigenvalue weighted by Gasteiger charge is -2.47. The number of nitrogens with one attached hydrogen (secondary N) is 1. The zero-order valence-electron chi connectivity index (χ0n) is 24.5. The Hall–Kier alpha value is -3.32. The van der Waals surface area contributed by atoms with E-state index in [0.717, 1.165) is 12.2 Å². The van der Waals surface area contributed by atoms with Gasteiger partial charge < -0.3 is 15.1 Å². The summed E-state index contributed by atoms with van der Waals surface area (Å²) >= 11 is 0. The molecule has 3 aliphatic rings. The maximum absolute atomic E-state index is 13.8. The fourth-order valence-corrected chi connectivity index (χ4v) is 6.70. The number of likely N-dealkylation sites (tertiary alicyclic amines) is 1. The van der Waals surface area contributed by atoms with Crippen molar-refractivity contribution in [3.63, 3.8) is 0 Å². The van der Waals surface area contributed by atoms with Crippen LogP contribution < -0.4 is 5.32 Å². The monoisotopic (exact) mass is 543 g/mol. The normalized spacial score (nSPS) is 25.8. The van der Waals surface area contributed by atoms with Crippen molar-refractivity contribution in [1.82, 2.24) is 19.6 Å². The van der Waals surface area contributed by atoms with Gasteiger partial charge >= 0.3 is 6.03 Å². The Bertz CT molecular complexity index is 1180. The first-order valence-corrected chi connectivity index (χ1v) is 15.0. The second-order valence-electron chi connectivity index (χ2n) is 11.9. The summed E-state index contributed by atoms with van der Waals surface area (Å²) in [6.45, 7) is 10.0. The van der Waals surface area contributed by atoms with Gasteiger partial charge in [-0.15, -0.1) is 0 Å². The van der Waals surface area contributed by atoms with Crippen molar-refractivity contribution in [3.8, 4) is 0 Å². The van der Waals surface area contributed by atoms with Gasteiger partial charge in [0.15, 0.2) is 0 Å². The number of carbonyl (C=O) groups is 2. The fourth-order valence-electron chi connectivity index (χ4n) is 6.70. The first-order valence-electron chi connectivity index (χ1n) is 15.0. The third kappa shape index (κ3) is 5.90. The number of nitrogens with zero attached hydrogens (tertiary/aromatic N) is 4. The summed E-state index contributed by atoms with van der Waals surface area (Å²) < 4.78 is 0. The van der Waals surface area contributed by atoms with Gasteiger partial charge in [0.05, 0.1) is 12.0 Å². The van der Waals surface area contributed by atoms with Crippen LogP contribution in [-0.2, 0) is 11.3 Å². The highest BCUT2D eigenvalue weighted by atomic mass is 16.2. The van der Waals surface area contributed by atoms with E-state index < -0.39 is 5.92 Å². The van der Waals surface area contributed by atoms with Crippen molar-refractivity contribution in [1.29, 1.82) is 0 Å². The smallest absolute Gasteiger partial charge is 0.326 e. The fraction of sp³-hybridized carbons (Fsp3) is 0.515. The average Bonchev–Trinajstić information content (AvgIpc) is 3.14. The minimum atomic E-state index is -0.406. The molecule has 3 heterocycles. The van der Waals surface area contributed by atoms with E-state index in [4.69, 9.17) is 0 Å². The van der Waals surface area contributed by atoms with Crippen molar-refractivity contribution in [2.45, 2.75) is 71.2 Å². The predicted octanol–water partition coefficient (Wildman–Crippen LogP) is 5.93. The lowest BCUT2D eigenvalue weighted by atomic mass is 9.88. The van der Waals surface area contributed by atoms with Crippen LogP contribution in [0.1, 0.15) is 63.6 Å². The minimum absolute atomic E-state index is 0.121. The van der Waals surface area contributed by atoms with Crippen LogP contribution in [0.15, 0.2) is 66.9 Å². The number of amides is 3. The molecule has 3 amide bonds.